The Morgan fingerprint density at radius 3 is 2.48 bits per heavy atom. The van der Waals surface area contributed by atoms with E-state index in [9.17, 15) is 13.2 Å². The molecule has 0 saturated carbocycles. The van der Waals surface area contributed by atoms with Gasteiger partial charge in [-0.05, 0) is 26.2 Å². The summed E-state index contributed by atoms with van der Waals surface area (Å²) in [6, 6.07) is 3.46. The number of furan rings is 1. The predicted octanol–water partition coefficient (Wildman–Crippen LogP) is 0.169. The molecule has 1 N–H and O–H groups in total. The summed E-state index contributed by atoms with van der Waals surface area (Å²) in [6.07, 6.45) is 2.80. The Bertz CT molecular complexity index is 607. The van der Waals surface area contributed by atoms with Crippen LogP contribution in [0.25, 0.3) is 0 Å². The van der Waals surface area contributed by atoms with Crippen LogP contribution in [0, 0.1) is 0 Å². The molecule has 0 aliphatic carbocycles. The van der Waals surface area contributed by atoms with Gasteiger partial charge in [0.2, 0.25) is 10.0 Å². The Balaban J connectivity index is 1.85. The van der Waals surface area contributed by atoms with Gasteiger partial charge in [-0.15, -0.1) is 0 Å². The van der Waals surface area contributed by atoms with Crippen molar-refractivity contribution >= 4 is 16.1 Å². The summed E-state index contributed by atoms with van der Waals surface area (Å²) in [5, 5.41) is 2.89. The zero-order valence-corrected chi connectivity index (χ0v) is 14.5. The van der Waals surface area contributed by atoms with E-state index in [1.807, 2.05) is 31.1 Å². The third-order valence-electron chi connectivity index (χ3n) is 3.94. The lowest BCUT2D eigenvalue weighted by Crippen LogP contribution is -2.53. The molecule has 9 heteroatoms. The van der Waals surface area contributed by atoms with Crippen molar-refractivity contribution in [1.29, 1.82) is 0 Å². The van der Waals surface area contributed by atoms with Crippen LogP contribution in [0.3, 0.4) is 0 Å². The number of carbonyl (C=O) groups is 1. The minimum absolute atomic E-state index is 0.0498. The number of likely N-dealkylation sites (N-methyl/N-ethyl adjacent to an activating group) is 1. The number of nitrogens with zero attached hydrogens (tertiary/aromatic N) is 3. The van der Waals surface area contributed by atoms with Gasteiger partial charge in [0, 0.05) is 32.7 Å². The molecule has 1 saturated heterocycles. The lowest BCUT2D eigenvalue weighted by molar-refractivity contribution is 0.167. The first-order valence-corrected chi connectivity index (χ1v) is 9.31. The van der Waals surface area contributed by atoms with Crippen LogP contribution >= 0.6 is 0 Å². The van der Waals surface area contributed by atoms with Gasteiger partial charge in [-0.1, -0.05) is 0 Å². The zero-order valence-electron chi connectivity index (χ0n) is 13.7. The summed E-state index contributed by atoms with van der Waals surface area (Å²) in [6.45, 7) is 1.88. The largest absolute Gasteiger partial charge is 0.468 e. The van der Waals surface area contributed by atoms with E-state index in [0.29, 0.717) is 32.7 Å². The highest BCUT2D eigenvalue weighted by Crippen LogP contribution is 2.17. The van der Waals surface area contributed by atoms with Crippen molar-refractivity contribution in [1.82, 2.24) is 19.4 Å². The highest BCUT2D eigenvalue weighted by molar-refractivity contribution is 7.88. The minimum atomic E-state index is -3.19. The second-order valence-corrected chi connectivity index (χ2v) is 7.81. The normalized spacial score (nSPS) is 18.2. The lowest BCUT2D eigenvalue weighted by atomic mass is 10.2. The first-order chi connectivity index (χ1) is 10.8. The topological polar surface area (TPSA) is 86.1 Å². The van der Waals surface area contributed by atoms with Crippen LogP contribution in [-0.2, 0) is 10.0 Å². The Morgan fingerprint density at radius 2 is 2.00 bits per heavy atom. The molecule has 2 heterocycles. The maximum atomic E-state index is 12.2. The second-order valence-electron chi connectivity index (χ2n) is 5.83. The standard InChI is InChI=1S/C14H24N4O4S/c1-16(2)12(13-5-4-10-22-13)11-15-14(19)17-6-8-18(9-7-17)23(3,20)21/h4-5,10,12H,6-9,11H2,1-3H3,(H,15,19)/t12-/m1/s1. The molecule has 1 atom stereocenters. The Morgan fingerprint density at radius 1 is 1.35 bits per heavy atom. The van der Waals surface area contributed by atoms with Gasteiger partial charge >= 0.3 is 6.03 Å². The van der Waals surface area contributed by atoms with Gasteiger partial charge in [-0.3, -0.25) is 4.90 Å². The first-order valence-electron chi connectivity index (χ1n) is 7.47. The molecule has 0 aromatic carbocycles. The predicted molar refractivity (Wildman–Crippen MR) is 86.5 cm³/mol. The average Bonchev–Trinajstić information content (AvgIpc) is 3.00. The van der Waals surface area contributed by atoms with Crippen molar-refractivity contribution in [2.24, 2.45) is 0 Å². The summed E-state index contributed by atoms with van der Waals surface area (Å²) in [5.41, 5.74) is 0. The maximum Gasteiger partial charge on any atom is 0.317 e. The van der Waals surface area contributed by atoms with Gasteiger partial charge in [0.1, 0.15) is 5.76 Å². The van der Waals surface area contributed by atoms with Crippen molar-refractivity contribution < 1.29 is 17.6 Å². The van der Waals surface area contributed by atoms with Gasteiger partial charge in [-0.25, -0.2) is 13.2 Å². The van der Waals surface area contributed by atoms with Crippen LogP contribution < -0.4 is 5.32 Å². The van der Waals surface area contributed by atoms with Crippen LogP contribution in [0.4, 0.5) is 4.79 Å². The molecule has 1 aromatic rings. The van der Waals surface area contributed by atoms with Gasteiger partial charge in [0.05, 0.1) is 18.6 Å². The fraction of sp³-hybridized carbons (Fsp3) is 0.643. The monoisotopic (exact) mass is 344 g/mol. The van der Waals surface area contributed by atoms with Crippen molar-refractivity contribution in [2.45, 2.75) is 6.04 Å². The van der Waals surface area contributed by atoms with Crippen molar-refractivity contribution in [3.8, 4) is 0 Å². The van der Waals surface area contributed by atoms with E-state index in [4.69, 9.17) is 4.42 Å². The third-order valence-corrected chi connectivity index (χ3v) is 5.24. The van der Waals surface area contributed by atoms with Crippen LogP contribution in [0.5, 0.6) is 0 Å². The number of carbonyl (C=O) groups excluding carboxylic acids is 1. The summed E-state index contributed by atoms with van der Waals surface area (Å²) < 4.78 is 29.7. The highest BCUT2D eigenvalue weighted by Gasteiger charge is 2.26. The number of urea groups is 1. The number of nitrogens with one attached hydrogen (secondary N) is 1. The minimum Gasteiger partial charge on any atom is -0.468 e. The third kappa shape index (κ3) is 4.69. The zero-order chi connectivity index (χ0) is 17.0. The number of amides is 2. The van der Waals surface area contributed by atoms with Crippen LogP contribution in [0.15, 0.2) is 22.8 Å². The molecule has 0 radical (unpaired) electrons. The van der Waals surface area contributed by atoms with E-state index in [1.165, 1.54) is 10.6 Å². The number of sulfonamides is 1. The summed E-state index contributed by atoms with van der Waals surface area (Å²) >= 11 is 0. The number of hydrogen-bond donors (Lipinski definition) is 1. The molecular weight excluding hydrogens is 320 g/mol. The highest BCUT2D eigenvalue weighted by atomic mass is 32.2. The fourth-order valence-corrected chi connectivity index (χ4v) is 3.36. The average molecular weight is 344 g/mol. The molecule has 1 aliphatic heterocycles. The molecule has 1 aliphatic rings. The number of rotatable bonds is 5. The fourth-order valence-electron chi connectivity index (χ4n) is 2.54. The summed E-state index contributed by atoms with van der Waals surface area (Å²) in [5.74, 6) is 0.789. The number of piperazine rings is 1. The Labute approximate surface area is 137 Å². The van der Waals surface area contributed by atoms with E-state index in [2.05, 4.69) is 5.32 Å². The molecule has 0 unspecified atom stereocenters. The van der Waals surface area contributed by atoms with Crippen molar-refractivity contribution in [3.63, 3.8) is 0 Å². The molecule has 2 amide bonds. The van der Waals surface area contributed by atoms with Gasteiger partial charge in [-0.2, -0.15) is 4.31 Å². The summed E-state index contributed by atoms with van der Waals surface area (Å²) in [4.78, 5) is 15.9. The molecule has 1 aromatic heterocycles. The van der Waals surface area contributed by atoms with Crippen LogP contribution in [-0.4, -0.2) is 81.6 Å². The Hall–Kier alpha value is -1.58. The Kier molecular flexibility index (Phi) is 5.66. The van der Waals surface area contributed by atoms with Gasteiger partial charge in [0.25, 0.3) is 0 Å². The van der Waals surface area contributed by atoms with Gasteiger partial charge < -0.3 is 14.6 Å². The van der Waals surface area contributed by atoms with E-state index in [1.54, 1.807) is 11.2 Å². The summed E-state index contributed by atoms with van der Waals surface area (Å²) in [7, 11) is 0.656. The van der Waals surface area contributed by atoms with Crippen LogP contribution in [0.2, 0.25) is 0 Å². The second kappa shape index (κ2) is 7.33. The SMILES string of the molecule is CN(C)[C@H](CNC(=O)N1CCN(S(C)(=O)=O)CC1)c1ccco1. The molecule has 1 fully saturated rings. The molecule has 130 valence electrons. The van der Waals surface area contributed by atoms with Crippen molar-refractivity contribution in [2.75, 3.05) is 53.1 Å². The van der Waals surface area contributed by atoms with E-state index in [0.717, 1.165) is 5.76 Å². The van der Waals surface area contributed by atoms with E-state index in [-0.39, 0.29) is 12.1 Å². The lowest BCUT2D eigenvalue weighted by Gasteiger charge is -2.33. The molecule has 0 spiro atoms. The quantitative estimate of drug-likeness (QED) is 0.823. The molecular formula is C14H24N4O4S. The van der Waals surface area contributed by atoms with Crippen molar-refractivity contribution in [3.05, 3.63) is 24.2 Å². The first kappa shape index (κ1) is 17.8. The van der Waals surface area contributed by atoms with E-state index < -0.39 is 10.0 Å². The molecule has 23 heavy (non-hydrogen) atoms. The van der Waals surface area contributed by atoms with E-state index >= 15 is 0 Å². The smallest absolute Gasteiger partial charge is 0.317 e. The maximum absolute atomic E-state index is 12.2. The molecule has 0 bridgehead atoms. The number of hydrogen-bond acceptors (Lipinski definition) is 5. The van der Waals surface area contributed by atoms with Crippen LogP contribution in [0.1, 0.15) is 11.8 Å². The van der Waals surface area contributed by atoms with Gasteiger partial charge in [0.15, 0.2) is 0 Å². The molecule has 8 nitrogen and oxygen atoms in total. The molecule has 2 rings (SSSR count).